The quantitative estimate of drug-likeness (QED) is 0.474. The molecule has 0 nitrogen and oxygen atoms in total. The SMILES string of the molecule is [CH]1CC=CC2=CC=CCC12. The summed E-state index contributed by atoms with van der Waals surface area (Å²) in [5, 5.41) is 0. The number of rotatable bonds is 0. The molecule has 2 aliphatic rings. The largest absolute Gasteiger partial charge is 0.0839 e. The number of allylic oxidation sites excluding steroid dienone is 6. The van der Waals surface area contributed by atoms with Gasteiger partial charge in [0.1, 0.15) is 0 Å². The van der Waals surface area contributed by atoms with Crippen LogP contribution in [0.1, 0.15) is 12.8 Å². The fourth-order valence-electron chi connectivity index (χ4n) is 1.52. The molecule has 1 atom stereocenters. The van der Waals surface area contributed by atoms with Crippen molar-refractivity contribution >= 4 is 0 Å². The van der Waals surface area contributed by atoms with Gasteiger partial charge in [-0.3, -0.25) is 0 Å². The highest BCUT2D eigenvalue weighted by Gasteiger charge is 2.14. The maximum Gasteiger partial charge on any atom is -0.00931 e. The zero-order valence-electron chi connectivity index (χ0n) is 5.96. The summed E-state index contributed by atoms with van der Waals surface area (Å²) >= 11 is 0. The van der Waals surface area contributed by atoms with Gasteiger partial charge in [0.2, 0.25) is 0 Å². The Morgan fingerprint density at radius 2 is 2.30 bits per heavy atom. The standard InChI is InChI=1S/C10H11/c1-2-6-10-8-4-3-7-9(10)5-1/h1-3,5,7-8,10H,4,6H2. The molecule has 0 amide bonds. The zero-order chi connectivity index (χ0) is 6.81. The summed E-state index contributed by atoms with van der Waals surface area (Å²) in [5.74, 6) is 0.718. The molecule has 0 aromatic carbocycles. The summed E-state index contributed by atoms with van der Waals surface area (Å²) in [5.41, 5.74) is 1.48. The Hall–Kier alpha value is -0.780. The normalized spacial score (nSPS) is 29.6. The maximum absolute atomic E-state index is 2.38. The van der Waals surface area contributed by atoms with Gasteiger partial charge in [0, 0.05) is 0 Å². The predicted octanol–water partition coefficient (Wildman–Crippen LogP) is 2.65. The van der Waals surface area contributed by atoms with Crippen molar-refractivity contribution < 1.29 is 0 Å². The van der Waals surface area contributed by atoms with Gasteiger partial charge in [-0.05, 0) is 30.8 Å². The van der Waals surface area contributed by atoms with Crippen molar-refractivity contribution in [3.8, 4) is 0 Å². The number of hydrogen-bond acceptors (Lipinski definition) is 0. The fraction of sp³-hybridized carbons (Fsp3) is 0.300. The van der Waals surface area contributed by atoms with E-state index in [0.717, 1.165) is 12.3 Å². The van der Waals surface area contributed by atoms with Crippen molar-refractivity contribution in [3.05, 3.63) is 42.4 Å². The summed E-state index contributed by atoms with van der Waals surface area (Å²) in [7, 11) is 0. The Bertz CT molecular complexity index is 206. The van der Waals surface area contributed by atoms with E-state index >= 15 is 0 Å². The van der Waals surface area contributed by atoms with E-state index in [1.807, 2.05) is 0 Å². The van der Waals surface area contributed by atoms with E-state index in [9.17, 15) is 0 Å². The lowest BCUT2D eigenvalue weighted by atomic mass is 9.84. The smallest absolute Gasteiger partial charge is 0.00931 e. The fourth-order valence-corrected chi connectivity index (χ4v) is 1.52. The Labute approximate surface area is 61.9 Å². The van der Waals surface area contributed by atoms with Gasteiger partial charge in [0.05, 0.1) is 0 Å². The van der Waals surface area contributed by atoms with Crippen LogP contribution in [0.4, 0.5) is 0 Å². The third-order valence-electron chi connectivity index (χ3n) is 2.11. The first-order chi connectivity index (χ1) is 4.97. The summed E-state index contributed by atoms with van der Waals surface area (Å²) in [4.78, 5) is 0. The van der Waals surface area contributed by atoms with Crippen LogP contribution in [0.5, 0.6) is 0 Å². The summed E-state index contributed by atoms with van der Waals surface area (Å²) < 4.78 is 0. The molecule has 1 radical (unpaired) electrons. The average molecular weight is 131 g/mol. The Balaban J connectivity index is 2.27. The minimum atomic E-state index is 0.718. The third kappa shape index (κ3) is 0.942. The van der Waals surface area contributed by atoms with Crippen molar-refractivity contribution in [3.63, 3.8) is 0 Å². The molecule has 1 unspecified atom stereocenters. The van der Waals surface area contributed by atoms with E-state index in [1.165, 1.54) is 12.0 Å². The van der Waals surface area contributed by atoms with Gasteiger partial charge < -0.3 is 0 Å². The topological polar surface area (TPSA) is 0 Å². The lowest BCUT2D eigenvalue weighted by Gasteiger charge is -2.21. The second-order valence-electron chi connectivity index (χ2n) is 2.81. The van der Waals surface area contributed by atoms with Crippen molar-refractivity contribution in [1.29, 1.82) is 0 Å². The van der Waals surface area contributed by atoms with Crippen LogP contribution >= 0.6 is 0 Å². The van der Waals surface area contributed by atoms with Gasteiger partial charge in [-0.25, -0.2) is 0 Å². The summed E-state index contributed by atoms with van der Waals surface area (Å²) in [6.07, 6.45) is 15.8. The second-order valence-corrected chi connectivity index (χ2v) is 2.81. The van der Waals surface area contributed by atoms with Crippen molar-refractivity contribution in [2.45, 2.75) is 12.8 Å². The van der Waals surface area contributed by atoms with E-state index in [2.05, 4.69) is 36.8 Å². The molecule has 0 heterocycles. The van der Waals surface area contributed by atoms with Crippen LogP contribution in [0.25, 0.3) is 0 Å². The molecule has 0 aromatic heterocycles. The van der Waals surface area contributed by atoms with Crippen LogP contribution in [0.2, 0.25) is 0 Å². The Kier molecular flexibility index (Phi) is 1.46. The molecule has 0 N–H and O–H groups in total. The number of fused-ring (bicyclic) bond motifs is 1. The van der Waals surface area contributed by atoms with Gasteiger partial charge in [-0.2, -0.15) is 0 Å². The first kappa shape index (κ1) is 5.96. The molecule has 0 bridgehead atoms. The van der Waals surface area contributed by atoms with Crippen LogP contribution in [-0.4, -0.2) is 0 Å². The second kappa shape index (κ2) is 2.45. The number of hydrogen-bond donors (Lipinski definition) is 0. The molecule has 0 fully saturated rings. The minimum Gasteiger partial charge on any atom is -0.0839 e. The molecule has 51 valence electrons. The lowest BCUT2D eigenvalue weighted by molar-refractivity contribution is 0.694. The minimum absolute atomic E-state index is 0.718. The Morgan fingerprint density at radius 3 is 3.20 bits per heavy atom. The van der Waals surface area contributed by atoms with Crippen LogP contribution in [0, 0.1) is 12.3 Å². The van der Waals surface area contributed by atoms with Crippen LogP contribution in [0.3, 0.4) is 0 Å². The van der Waals surface area contributed by atoms with E-state index in [1.54, 1.807) is 0 Å². The van der Waals surface area contributed by atoms with Crippen molar-refractivity contribution in [1.82, 2.24) is 0 Å². The molecule has 0 aromatic rings. The lowest BCUT2D eigenvalue weighted by Crippen LogP contribution is -2.07. The monoisotopic (exact) mass is 131 g/mol. The van der Waals surface area contributed by atoms with Gasteiger partial charge >= 0.3 is 0 Å². The molecular formula is C10H11. The molecular weight excluding hydrogens is 120 g/mol. The van der Waals surface area contributed by atoms with Crippen LogP contribution < -0.4 is 0 Å². The van der Waals surface area contributed by atoms with E-state index in [0.29, 0.717) is 0 Å². The zero-order valence-corrected chi connectivity index (χ0v) is 5.96. The third-order valence-corrected chi connectivity index (χ3v) is 2.11. The summed E-state index contributed by atoms with van der Waals surface area (Å²) in [6.45, 7) is 0. The molecule has 0 saturated heterocycles. The first-order valence-electron chi connectivity index (χ1n) is 3.83. The van der Waals surface area contributed by atoms with Gasteiger partial charge in [0.25, 0.3) is 0 Å². The molecule has 2 aliphatic carbocycles. The Morgan fingerprint density at radius 1 is 1.30 bits per heavy atom. The highest BCUT2D eigenvalue weighted by Crippen LogP contribution is 2.28. The van der Waals surface area contributed by atoms with E-state index in [4.69, 9.17) is 0 Å². The highest BCUT2D eigenvalue weighted by atomic mass is 14.2. The van der Waals surface area contributed by atoms with Gasteiger partial charge in [-0.15, -0.1) is 0 Å². The maximum atomic E-state index is 2.38. The molecule has 0 saturated carbocycles. The van der Waals surface area contributed by atoms with E-state index < -0.39 is 0 Å². The molecule has 0 spiro atoms. The van der Waals surface area contributed by atoms with Crippen LogP contribution in [0.15, 0.2) is 36.0 Å². The van der Waals surface area contributed by atoms with E-state index in [-0.39, 0.29) is 0 Å². The predicted molar refractivity (Wildman–Crippen MR) is 43.4 cm³/mol. The molecule has 0 aliphatic heterocycles. The molecule has 0 heteroatoms. The average Bonchev–Trinajstić information content (AvgIpc) is 2.05. The van der Waals surface area contributed by atoms with Crippen LogP contribution in [-0.2, 0) is 0 Å². The van der Waals surface area contributed by atoms with Gasteiger partial charge in [-0.1, -0.05) is 30.4 Å². The first-order valence-corrected chi connectivity index (χ1v) is 3.83. The van der Waals surface area contributed by atoms with Gasteiger partial charge in [0.15, 0.2) is 0 Å². The highest BCUT2D eigenvalue weighted by molar-refractivity contribution is 5.34. The van der Waals surface area contributed by atoms with Crippen molar-refractivity contribution in [2.24, 2.45) is 5.92 Å². The molecule has 10 heavy (non-hydrogen) atoms. The summed E-state index contributed by atoms with van der Waals surface area (Å²) in [6, 6.07) is 0. The molecule has 2 rings (SSSR count). The van der Waals surface area contributed by atoms with Crippen molar-refractivity contribution in [2.75, 3.05) is 0 Å².